The van der Waals surface area contributed by atoms with Gasteiger partial charge in [-0.3, -0.25) is 25.6 Å². The van der Waals surface area contributed by atoms with Crippen molar-refractivity contribution < 1.29 is 9.85 Å². The molecule has 5 N–H and O–H groups in total. The van der Waals surface area contributed by atoms with Gasteiger partial charge >= 0.3 is 11.4 Å². The second kappa shape index (κ2) is 5.90. The van der Waals surface area contributed by atoms with Crippen LogP contribution >= 0.6 is 0 Å². The molecule has 0 saturated carbocycles. The molecule has 9 nitrogen and oxygen atoms in total. The number of nitrogens with one attached hydrogen (secondary N) is 1. The summed E-state index contributed by atoms with van der Waals surface area (Å²) in [5, 5.41) is 26.5. The predicted molar refractivity (Wildman–Crippen MR) is 55.9 cm³/mol. The van der Waals surface area contributed by atoms with Crippen molar-refractivity contribution in [3.63, 3.8) is 0 Å². The van der Waals surface area contributed by atoms with E-state index in [9.17, 15) is 20.2 Å². The zero-order valence-electron chi connectivity index (χ0n) is 7.99. The van der Waals surface area contributed by atoms with Crippen LogP contribution in [0.2, 0.25) is 0 Å². The second-order valence-electron chi connectivity index (χ2n) is 2.46. The molecule has 0 aromatic heterocycles. The third-order valence-corrected chi connectivity index (χ3v) is 1.28. The van der Waals surface area contributed by atoms with Gasteiger partial charge in [-0.05, 0) is 0 Å². The number of benzene rings is 1. The SMILES string of the molecule is N=C(N)N.O=[N+]([O-])c1ccccc1[N+](=O)[O-]. The predicted octanol–water partition coefficient (Wildman–Crippen LogP) is 0.342. The summed E-state index contributed by atoms with van der Waals surface area (Å²) in [5.41, 5.74) is 7.98. The molecule has 0 radical (unpaired) electrons. The quantitative estimate of drug-likeness (QED) is 0.285. The summed E-state index contributed by atoms with van der Waals surface area (Å²) in [6, 6.07) is 4.95. The smallest absolute Gasteiger partial charge is 0.346 e. The minimum absolute atomic E-state index is 0.333. The Morgan fingerprint density at radius 2 is 1.31 bits per heavy atom. The molecule has 1 aromatic rings. The lowest BCUT2D eigenvalue weighted by Crippen LogP contribution is -2.20. The molecule has 0 unspecified atom stereocenters. The summed E-state index contributed by atoms with van der Waals surface area (Å²) < 4.78 is 0. The number of hydrogen-bond acceptors (Lipinski definition) is 5. The number of para-hydroxylation sites is 2. The number of rotatable bonds is 2. The highest BCUT2D eigenvalue weighted by Crippen LogP contribution is 2.24. The van der Waals surface area contributed by atoms with E-state index in [0.717, 1.165) is 12.1 Å². The van der Waals surface area contributed by atoms with Crippen molar-refractivity contribution in [2.75, 3.05) is 0 Å². The normalized spacial score (nSPS) is 8.50. The van der Waals surface area contributed by atoms with Crippen molar-refractivity contribution in [3.05, 3.63) is 44.5 Å². The number of nitro benzene ring substituents is 2. The van der Waals surface area contributed by atoms with Gasteiger partial charge in [-0.25, -0.2) is 0 Å². The molecule has 0 aliphatic carbocycles. The maximum absolute atomic E-state index is 10.2. The average molecular weight is 227 g/mol. The van der Waals surface area contributed by atoms with Gasteiger partial charge in [-0.1, -0.05) is 12.1 Å². The number of nitrogens with two attached hydrogens (primary N) is 2. The van der Waals surface area contributed by atoms with Crippen LogP contribution in [0.1, 0.15) is 0 Å². The van der Waals surface area contributed by atoms with E-state index in [0.29, 0.717) is 0 Å². The van der Waals surface area contributed by atoms with Gasteiger partial charge in [0.2, 0.25) is 0 Å². The van der Waals surface area contributed by atoms with Crippen LogP contribution in [0, 0.1) is 25.6 Å². The maximum Gasteiger partial charge on any atom is 0.346 e. The van der Waals surface area contributed by atoms with E-state index in [1.54, 1.807) is 0 Å². The number of nitro groups is 2. The van der Waals surface area contributed by atoms with Crippen LogP contribution in [-0.2, 0) is 0 Å². The van der Waals surface area contributed by atoms with Gasteiger partial charge in [0.15, 0.2) is 5.96 Å². The Hall–Kier alpha value is -2.71. The van der Waals surface area contributed by atoms with Crippen LogP contribution in [0.15, 0.2) is 24.3 Å². The molecule has 0 heterocycles. The topological polar surface area (TPSA) is 162 Å². The van der Waals surface area contributed by atoms with E-state index < -0.39 is 21.2 Å². The summed E-state index contributed by atoms with van der Waals surface area (Å²) in [7, 11) is 0. The van der Waals surface area contributed by atoms with Crippen molar-refractivity contribution in [3.8, 4) is 0 Å². The molecule has 0 atom stereocenters. The second-order valence-corrected chi connectivity index (χ2v) is 2.46. The number of hydrogen-bond donors (Lipinski definition) is 3. The zero-order chi connectivity index (χ0) is 12.7. The molecular formula is C7H9N5O4. The van der Waals surface area contributed by atoms with E-state index in [2.05, 4.69) is 11.5 Å². The lowest BCUT2D eigenvalue weighted by Gasteiger charge is -1.91. The van der Waals surface area contributed by atoms with Gasteiger partial charge in [-0.2, -0.15) is 0 Å². The van der Waals surface area contributed by atoms with Crippen LogP contribution < -0.4 is 11.5 Å². The molecule has 0 aliphatic rings. The van der Waals surface area contributed by atoms with Crippen LogP contribution in [0.4, 0.5) is 11.4 Å². The van der Waals surface area contributed by atoms with Gasteiger partial charge < -0.3 is 11.5 Å². The van der Waals surface area contributed by atoms with E-state index >= 15 is 0 Å². The van der Waals surface area contributed by atoms with Gasteiger partial charge in [0.1, 0.15) is 0 Å². The van der Waals surface area contributed by atoms with Gasteiger partial charge in [0, 0.05) is 12.1 Å². The molecule has 0 bridgehead atoms. The van der Waals surface area contributed by atoms with E-state index in [-0.39, 0.29) is 5.96 Å². The Bertz CT molecular complexity index is 382. The molecule has 0 amide bonds. The molecule has 0 spiro atoms. The monoisotopic (exact) mass is 227 g/mol. The van der Waals surface area contributed by atoms with Crippen LogP contribution in [0.25, 0.3) is 0 Å². The van der Waals surface area contributed by atoms with E-state index in [1.807, 2.05) is 0 Å². The summed E-state index contributed by atoms with van der Waals surface area (Å²) in [5.74, 6) is -0.333. The fourth-order valence-corrected chi connectivity index (χ4v) is 0.773. The highest BCUT2D eigenvalue weighted by molar-refractivity contribution is 5.71. The molecule has 16 heavy (non-hydrogen) atoms. The Morgan fingerprint density at radius 1 is 1.06 bits per heavy atom. The fourth-order valence-electron chi connectivity index (χ4n) is 0.773. The summed E-state index contributed by atoms with van der Waals surface area (Å²) in [6.45, 7) is 0. The Kier molecular flexibility index (Phi) is 4.90. The Balaban J connectivity index is 0.000000487. The molecule has 86 valence electrons. The summed E-state index contributed by atoms with van der Waals surface area (Å²) >= 11 is 0. The summed E-state index contributed by atoms with van der Waals surface area (Å²) in [4.78, 5) is 18.9. The highest BCUT2D eigenvalue weighted by atomic mass is 16.6. The van der Waals surface area contributed by atoms with Gasteiger partial charge in [0.05, 0.1) is 9.85 Å². The molecule has 0 fully saturated rings. The Labute approximate surface area is 89.5 Å². The molecule has 1 aromatic carbocycles. The first kappa shape index (κ1) is 13.3. The molecule has 9 heteroatoms. The van der Waals surface area contributed by atoms with Crippen LogP contribution in [0.5, 0.6) is 0 Å². The third-order valence-electron chi connectivity index (χ3n) is 1.28. The largest absolute Gasteiger partial charge is 0.370 e. The lowest BCUT2D eigenvalue weighted by molar-refractivity contribution is -0.422. The van der Waals surface area contributed by atoms with Crippen molar-refractivity contribution >= 4 is 17.3 Å². The highest BCUT2D eigenvalue weighted by Gasteiger charge is 2.21. The Morgan fingerprint density at radius 3 is 1.50 bits per heavy atom. The third kappa shape index (κ3) is 4.50. The van der Waals surface area contributed by atoms with Crippen molar-refractivity contribution in [2.45, 2.75) is 0 Å². The van der Waals surface area contributed by atoms with Gasteiger partial charge in [0.25, 0.3) is 0 Å². The van der Waals surface area contributed by atoms with Crippen LogP contribution in [-0.4, -0.2) is 15.8 Å². The summed E-state index contributed by atoms with van der Waals surface area (Å²) in [6.07, 6.45) is 0. The first-order chi connectivity index (χ1) is 7.36. The van der Waals surface area contributed by atoms with Crippen molar-refractivity contribution in [2.24, 2.45) is 11.5 Å². The van der Waals surface area contributed by atoms with E-state index in [1.165, 1.54) is 12.1 Å². The standard InChI is InChI=1S/C6H4N2O4.CH5N3/c9-7(10)5-3-1-2-4-6(5)8(11)12;2-1(3)4/h1-4H;(H5,2,3,4). The number of nitrogens with zero attached hydrogens (tertiary/aromatic N) is 2. The fraction of sp³-hybridized carbons (Fsp3) is 0. The molecule has 0 aliphatic heterocycles. The van der Waals surface area contributed by atoms with Crippen molar-refractivity contribution in [1.29, 1.82) is 5.41 Å². The van der Waals surface area contributed by atoms with Gasteiger partial charge in [-0.15, -0.1) is 0 Å². The maximum atomic E-state index is 10.2. The molecular weight excluding hydrogens is 218 g/mol. The average Bonchev–Trinajstić information content (AvgIpc) is 2.16. The molecule has 0 saturated heterocycles. The minimum atomic E-state index is -0.780. The number of guanidine groups is 1. The molecule has 1 rings (SSSR count). The van der Waals surface area contributed by atoms with E-state index in [4.69, 9.17) is 5.41 Å². The van der Waals surface area contributed by atoms with Crippen LogP contribution in [0.3, 0.4) is 0 Å². The first-order valence-electron chi connectivity index (χ1n) is 3.83. The first-order valence-corrected chi connectivity index (χ1v) is 3.83. The minimum Gasteiger partial charge on any atom is -0.370 e. The van der Waals surface area contributed by atoms with Crippen molar-refractivity contribution in [1.82, 2.24) is 0 Å². The zero-order valence-corrected chi connectivity index (χ0v) is 7.99. The lowest BCUT2D eigenvalue weighted by atomic mass is 10.3.